The second kappa shape index (κ2) is 5.65. The molecule has 17 heavy (non-hydrogen) atoms. The van der Waals surface area contributed by atoms with E-state index in [1.54, 1.807) is 6.07 Å². The fourth-order valence-corrected chi connectivity index (χ4v) is 3.18. The number of nitrogen functional groups attached to an aromatic ring is 1. The lowest BCUT2D eigenvalue weighted by atomic mass is 10.5. The minimum absolute atomic E-state index is 0.479. The molecule has 0 fully saturated rings. The largest absolute Gasteiger partial charge is 0.384 e. The van der Waals surface area contributed by atoms with E-state index in [0.717, 1.165) is 21.6 Å². The molecule has 2 heterocycles. The van der Waals surface area contributed by atoms with Crippen LogP contribution in [-0.4, -0.2) is 25.6 Å². The monoisotopic (exact) mass is 285 g/mol. The normalized spacial score (nSPS) is 10.7. The zero-order chi connectivity index (χ0) is 12.3. The number of thioether (sulfide) groups is 1. The smallest absolute Gasteiger partial charge is 0.190 e. The Bertz CT molecular complexity index is 513. The van der Waals surface area contributed by atoms with Gasteiger partial charge in [-0.25, -0.2) is 15.0 Å². The van der Waals surface area contributed by atoms with Gasteiger partial charge in [-0.1, -0.05) is 18.7 Å². The zero-order valence-electron chi connectivity index (χ0n) is 9.38. The molecule has 90 valence electrons. The second-order valence-electron chi connectivity index (χ2n) is 3.05. The molecule has 2 aromatic rings. The summed E-state index contributed by atoms with van der Waals surface area (Å²) in [6, 6.07) is 1.75. The van der Waals surface area contributed by atoms with Crippen molar-refractivity contribution >= 4 is 40.9 Å². The molecular weight excluding hydrogens is 274 g/mol. The minimum Gasteiger partial charge on any atom is -0.384 e. The molecule has 2 N–H and O–H groups in total. The molecule has 0 saturated heterocycles. The van der Waals surface area contributed by atoms with E-state index >= 15 is 0 Å². The van der Waals surface area contributed by atoms with Crippen LogP contribution >= 0.6 is 35.1 Å². The van der Waals surface area contributed by atoms with Crippen molar-refractivity contribution in [2.45, 2.75) is 27.9 Å². The van der Waals surface area contributed by atoms with Gasteiger partial charge in [0.1, 0.15) is 16.7 Å². The van der Waals surface area contributed by atoms with Crippen LogP contribution in [-0.2, 0) is 6.42 Å². The van der Waals surface area contributed by atoms with E-state index in [1.165, 1.54) is 35.1 Å². The van der Waals surface area contributed by atoms with E-state index in [1.807, 2.05) is 13.2 Å². The van der Waals surface area contributed by atoms with Gasteiger partial charge in [0, 0.05) is 12.5 Å². The van der Waals surface area contributed by atoms with Crippen molar-refractivity contribution in [3.8, 4) is 0 Å². The summed E-state index contributed by atoms with van der Waals surface area (Å²) in [4.78, 5) is 12.8. The van der Waals surface area contributed by atoms with Crippen LogP contribution < -0.4 is 5.73 Å². The summed E-state index contributed by atoms with van der Waals surface area (Å²) in [6.45, 7) is 2.03. The standard InChI is InChI=1S/C9H11N5S3/c1-3-6-12-9(17-14-6)16-7-4-5(10)11-8(13-7)15-2/h4H,3H2,1-2H3,(H2,10,11,13). The molecule has 5 nitrogen and oxygen atoms in total. The first-order valence-corrected chi connectivity index (χ1v) is 7.71. The highest BCUT2D eigenvalue weighted by Gasteiger charge is 2.08. The van der Waals surface area contributed by atoms with E-state index in [0.29, 0.717) is 11.0 Å². The first kappa shape index (κ1) is 12.6. The molecule has 0 aliphatic carbocycles. The van der Waals surface area contributed by atoms with Crippen molar-refractivity contribution < 1.29 is 0 Å². The maximum Gasteiger partial charge on any atom is 0.190 e. The van der Waals surface area contributed by atoms with Crippen LogP contribution in [0.15, 0.2) is 20.6 Å². The molecule has 0 radical (unpaired) electrons. The van der Waals surface area contributed by atoms with E-state index < -0.39 is 0 Å². The molecule has 0 bridgehead atoms. The average molecular weight is 285 g/mol. The maximum atomic E-state index is 5.71. The van der Waals surface area contributed by atoms with Crippen molar-refractivity contribution in [3.05, 3.63) is 11.9 Å². The number of aromatic nitrogens is 4. The van der Waals surface area contributed by atoms with Crippen LogP contribution in [0.3, 0.4) is 0 Å². The molecule has 0 aliphatic rings. The van der Waals surface area contributed by atoms with Gasteiger partial charge in [-0.05, 0) is 29.6 Å². The van der Waals surface area contributed by atoms with Gasteiger partial charge in [0.05, 0.1) is 0 Å². The van der Waals surface area contributed by atoms with E-state index in [2.05, 4.69) is 19.3 Å². The van der Waals surface area contributed by atoms with E-state index in [9.17, 15) is 0 Å². The number of nitrogens with two attached hydrogens (primary N) is 1. The molecule has 0 aromatic carbocycles. The predicted molar refractivity (Wildman–Crippen MR) is 71.6 cm³/mol. The number of hydrogen-bond donors (Lipinski definition) is 1. The van der Waals surface area contributed by atoms with Crippen LogP contribution in [0, 0.1) is 0 Å². The van der Waals surface area contributed by atoms with Crippen molar-refractivity contribution in [2.24, 2.45) is 0 Å². The molecule has 0 aliphatic heterocycles. The third-order valence-corrected chi connectivity index (χ3v) is 4.10. The van der Waals surface area contributed by atoms with Crippen molar-refractivity contribution in [3.63, 3.8) is 0 Å². The Morgan fingerprint density at radius 2 is 2.18 bits per heavy atom. The molecule has 0 amide bonds. The highest BCUT2D eigenvalue weighted by atomic mass is 32.2. The highest BCUT2D eigenvalue weighted by Crippen LogP contribution is 2.29. The average Bonchev–Trinajstić information content (AvgIpc) is 2.76. The first-order chi connectivity index (χ1) is 8.21. The SMILES string of the molecule is CCc1nsc(Sc2cc(N)nc(SC)n2)n1. The number of nitrogens with zero attached hydrogens (tertiary/aromatic N) is 4. The topological polar surface area (TPSA) is 77.6 Å². The molecule has 0 spiro atoms. The maximum absolute atomic E-state index is 5.71. The fourth-order valence-electron chi connectivity index (χ4n) is 1.08. The summed E-state index contributed by atoms with van der Waals surface area (Å²) in [5.74, 6) is 1.34. The highest BCUT2D eigenvalue weighted by molar-refractivity contribution is 8.01. The first-order valence-electron chi connectivity index (χ1n) is 4.90. The summed E-state index contributed by atoms with van der Waals surface area (Å²) < 4.78 is 5.11. The molecule has 8 heteroatoms. The third-order valence-electron chi connectivity index (χ3n) is 1.84. The Kier molecular flexibility index (Phi) is 4.19. The molecule has 2 rings (SSSR count). The minimum atomic E-state index is 0.479. The van der Waals surface area contributed by atoms with Gasteiger partial charge in [0.2, 0.25) is 0 Å². The Hall–Kier alpha value is -0.860. The number of aryl methyl sites for hydroxylation is 1. The molecule has 0 atom stereocenters. The van der Waals surface area contributed by atoms with Gasteiger partial charge >= 0.3 is 0 Å². The lowest BCUT2D eigenvalue weighted by Gasteiger charge is -2.01. The van der Waals surface area contributed by atoms with Crippen LogP contribution in [0.25, 0.3) is 0 Å². The van der Waals surface area contributed by atoms with Gasteiger partial charge in [-0.15, -0.1) is 0 Å². The summed E-state index contributed by atoms with van der Waals surface area (Å²) in [6.07, 6.45) is 2.77. The fraction of sp³-hybridized carbons (Fsp3) is 0.333. The van der Waals surface area contributed by atoms with Gasteiger partial charge in [0.25, 0.3) is 0 Å². The van der Waals surface area contributed by atoms with Crippen LogP contribution in [0.4, 0.5) is 5.82 Å². The Balaban J connectivity index is 2.20. The number of rotatable bonds is 4. The van der Waals surface area contributed by atoms with Crippen LogP contribution in [0.1, 0.15) is 12.7 Å². The Morgan fingerprint density at radius 3 is 2.82 bits per heavy atom. The lowest BCUT2D eigenvalue weighted by Crippen LogP contribution is -1.95. The summed E-state index contributed by atoms with van der Waals surface area (Å²) in [5, 5.41) is 1.48. The van der Waals surface area contributed by atoms with Crippen molar-refractivity contribution in [2.75, 3.05) is 12.0 Å². The molecule has 0 saturated carbocycles. The number of anilines is 1. The van der Waals surface area contributed by atoms with Gasteiger partial charge in [0.15, 0.2) is 9.50 Å². The second-order valence-corrected chi connectivity index (χ2v) is 5.84. The molecule has 0 unspecified atom stereocenters. The van der Waals surface area contributed by atoms with Crippen molar-refractivity contribution in [1.82, 2.24) is 19.3 Å². The predicted octanol–water partition coefficient (Wildman–Crippen LogP) is 2.35. The number of hydrogen-bond acceptors (Lipinski definition) is 8. The zero-order valence-corrected chi connectivity index (χ0v) is 11.8. The van der Waals surface area contributed by atoms with Crippen molar-refractivity contribution in [1.29, 1.82) is 0 Å². The summed E-state index contributed by atoms with van der Waals surface area (Å²) >= 11 is 4.32. The summed E-state index contributed by atoms with van der Waals surface area (Å²) in [5.41, 5.74) is 5.71. The quantitative estimate of drug-likeness (QED) is 0.525. The molecular formula is C9H11N5S3. The van der Waals surface area contributed by atoms with Gasteiger partial charge in [-0.2, -0.15) is 4.37 Å². The summed E-state index contributed by atoms with van der Waals surface area (Å²) in [7, 11) is 0. The lowest BCUT2D eigenvalue weighted by molar-refractivity contribution is 0.900. The van der Waals surface area contributed by atoms with Crippen LogP contribution in [0.5, 0.6) is 0 Å². The Morgan fingerprint density at radius 1 is 1.35 bits per heavy atom. The van der Waals surface area contributed by atoms with Crippen LogP contribution in [0.2, 0.25) is 0 Å². The van der Waals surface area contributed by atoms with Gasteiger partial charge < -0.3 is 5.73 Å². The van der Waals surface area contributed by atoms with Gasteiger partial charge in [-0.3, -0.25) is 0 Å². The third kappa shape index (κ3) is 3.30. The Labute approximate surface area is 112 Å². The molecule has 2 aromatic heterocycles. The van der Waals surface area contributed by atoms with E-state index in [4.69, 9.17) is 5.73 Å². The van der Waals surface area contributed by atoms with E-state index in [-0.39, 0.29) is 0 Å².